The van der Waals surface area contributed by atoms with E-state index in [1.165, 1.54) is 16.9 Å². The number of aromatic nitrogens is 2. The van der Waals surface area contributed by atoms with Crippen molar-refractivity contribution in [1.82, 2.24) is 9.78 Å². The summed E-state index contributed by atoms with van der Waals surface area (Å²) in [7, 11) is 1.71. The highest BCUT2D eigenvalue weighted by atomic mass is 35.5. The van der Waals surface area contributed by atoms with E-state index in [4.69, 9.17) is 23.2 Å². The predicted molar refractivity (Wildman–Crippen MR) is 67.6 cm³/mol. The summed E-state index contributed by atoms with van der Waals surface area (Å²) in [4.78, 5) is 11.9. The van der Waals surface area contributed by atoms with Gasteiger partial charge in [0, 0.05) is 13.2 Å². The van der Waals surface area contributed by atoms with Crippen molar-refractivity contribution in [3.05, 3.63) is 46.0 Å². The molecule has 0 aliphatic heterocycles. The van der Waals surface area contributed by atoms with Crippen LogP contribution in [0.3, 0.4) is 0 Å². The van der Waals surface area contributed by atoms with Crippen LogP contribution in [0.15, 0.2) is 24.5 Å². The summed E-state index contributed by atoms with van der Waals surface area (Å²) in [6.45, 7) is 0. The van der Waals surface area contributed by atoms with Crippen molar-refractivity contribution in [2.75, 3.05) is 5.32 Å². The van der Waals surface area contributed by atoms with Crippen LogP contribution in [0, 0.1) is 5.82 Å². The van der Waals surface area contributed by atoms with Gasteiger partial charge in [-0.1, -0.05) is 23.2 Å². The Labute approximate surface area is 112 Å². The maximum atomic E-state index is 13.3. The fraction of sp³-hybridized carbons (Fsp3) is 0.0909. The highest BCUT2D eigenvalue weighted by Crippen LogP contribution is 2.25. The van der Waals surface area contributed by atoms with E-state index in [9.17, 15) is 9.18 Å². The van der Waals surface area contributed by atoms with Crippen LogP contribution in [0.1, 0.15) is 10.4 Å². The molecule has 0 spiro atoms. The summed E-state index contributed by atoms with van der Waals surface area (Å²) in [6.07, 6.45) is 3.08. The Hall–Kier alpha value is -1.59. The summed E-state index contributed by atoms with van der Waals surface area (Å²) in [5.74, 6) is -1.22. The zero-order valence-electron chi connectivity index (χ0n) is 9.25. The molecule has 0 aliphatic rings. The molecule has 2 rings (SSSR count). The normalized spacial score (nSPS) is 10.4. The van der Waals surface area contributed by atoms with Gasteiger partial charge in [0.15, 0.2) is 0 Å². The fourth-order valence-electron chi connectivity index (χ4n) is 1.38. The number of carbonyl (C=O) groups is 1. The summed E-state index contributed by atoms with van der Waals surface area (Å²) < 4.78 is 14.8. The quantitative estimate of drug-likeness (QED) is 0.863. The molecule has 0 bridgehead atoms. The van der Waals surface area contributed by atoms with Gasteiger partial charge >= 0.3 is 0 Å². The van der Waals surface area contributed by atoms with Gasteiger partial charge in [-0.25, -0.2) is 4.39 Å². The average molecular weight is 288 g/mol. The Morgan fingerprint density at radius 3 is 2.72 bits per heavy atom. The lowest BCUT2D eigenvalue weighted by Crippen LogP contribution is -2.12. The maximum Gasteiger partial charge on any atom is 0.257 e. The molecule has 0 radical (unpaired) electrons. The van der Waals surface area contributed by atoms with Gasteiger partial charge in [0.25, 0.3) is 5.91 Å². The topological polar surface area (TPSA) is 46.9 Å². The number of anilines is 1. The number of halogens is 3. The first-order valence-corrected chi connectivity index (χ1v) is 5.67. The summed E-state index contributed by atoms with van der Waals surface area (Å²) in [5.41, 5.74) is 0.511. The van der Waals surface area contributed by atoms with Crippen molar-refractivity contribution in [3.8, 4) is 0 Å². The number of nitrogens with one attached hydrogen (secondary N) is 1. The first-order valence-electron chi connectivity index (χ1n) is 4.92. The van der Waals surface area contributed by atoms with Crippen molar-refractivity contribution >= 4 is 34.8 Å². The van der Waals surface area contributed by atoms with Gasteiger partial charge < -0.3 is 5.32 Å². The third-order valence-corrected chi connectivity index (χ3v) is 2.82. The van der Waals surface area contributed by atoms with Gasteiger partial charge in [-0.2, -0.15) is 5.10 Å². The zero-order chi connectivity index (χ0) is 13.3. The van der Waals surface area contributed by atoms with Crippen molar-refractivity contribution in [2.24, 2.45) is 7.05 Å². The van der Waals surface area contributed by atoms with Crippen LogP contribution in [0.2, 0.25) is 10.0 Å². The standard InChI is InChI=1S/C11H8Cl2FN3O/c1-17-5-6(4-15-17)16-11(18)7-2-10(14)9(13)3-8(7)12/h2-5H,1H3,(H,16,18). The van der Waals surface area contributed by atoms with E-state index in [-0.39, 0.29) is 15.6 Å². The highest BCUT2D eigenvalue weighted by molar-refractivity contribution is 6.37. The summed E-state index contributed by atoms with van der Waals surface area (Å²) in [6, 6.07) is 2.19. The molecule has 0 fully saturated rings. The van der Waals surface area contributed by atoms with Crippen LogP contribution in [-0.4, -0.2) is 15.7 Å². The van der Waals surface area contributed by atoms with Crippen LogP contribution in [0.4, 0.5) is 10.1 Å². The molecule has 1 N–H and O–H groups in total. The molecule has 0 atom stereocenters. The second-order valence-electron chi connectivity index (χ2n) is 3.60. The number of benzene rings is 1. The number of carbonyl (C=O) groups excluding carboxylic acids is 1. The van der Waals surface area contributed by atoms with Gasteiger partial charge in [0.1, 0.15) is 5.82 Å². The minimum absolute atomic E-state index is 0.0161. The lowest BCUT2D eigenvalue weighted by molar-refractivity contribution is 0.102. The first-order chi connectivity index (χ1) is 8.47. The van der Waals surface area contributed by atoms with E-state index in [2.05, 4.69) is 10.4 Å². The van der Waals surface area contributed by atoms with Gasteiger partial charge in [-0.3, -0.25) is 9.48 Å². The minimum Gasteiger partial charge on any atom is -0.319 e. The smallest absolute Gasteiger partial charge is 0.257 e. The average Bonchev–Trinajstić information content (AvgIpc) is 2.69. The third-order valence-electron chi connectivity index (χ3n) is 2.22. The van der Waals surface area contributed by atoms with Crippen LogP contribution in [0.25, 0.3) is 0 Å². The third kappa shape index (κ3) is 2.63. The number of rotatable bonds is 2. The minimum atomic E-state index is -0.697. The number of aryl methyl sites for hydroxylation is 1. The van der Waals surface area contributed by atoms with E-state index in [1.54, 1.807) is 13.2 Å². The first kappa shape index (κ1) is 12.9. The summed E-state index contributed by atoms with van der Waals surface area (Å²) >= 11 is 11.4. The van der Waals surface area contributed by atoms with E-state index >= 15 is 0 Å². The lowest BCUT2D eigenvalue weighted by atomic mass is 10.2. The van der Waals surface area contributed by atoms with E-state index < -0.39 is 11.7 Å². The lowest BCUT2D eigenvalue weighted by Gasteiger charge is -2.05. The molecule has 0 saturated carbocycles. The van der Waals surface area contributed by atoms with Gasteiger partial charge in [-0.15, -0.1) is 0 Å². The molecule has 94 valence electrons. The van der Waals surface area contributed by atoms with Gasteiger partial charge in [0.2, 0.25) is 0 Å². The Kier molecular flexibility index (Phi) is 3.54. The number of amides is 1. The fourth-order valence-corrected chi connectivity index (χ4v) is 1.85. The molecule has 7 heteroatoms. The molecule has 2 aromatic rings. The van der Waals surface area contributed by atoms with Crippen molar-refractivity contribution < 1.29 is 9.18 Å². The molecule has 0 saturated heterocycles. The second-order valence-corrected chi connectivity index (χ2v) is 4.42. The van der Waals surface area contributed by atoms with Crippen molar-refractivity contribution in [1.29, 1.82) is 0 Å². The Bertz CT molecular complexity index is 612. The molecule has 18 heavy (non-hydrogen) atoms. The molecule has 1 aromatic heterocycles. The molecule has 4 nitrogen and oxygen atoms in total. The Morgan fingerprint density at radius 1 is 1.39 bits per heavy atom. The van der Waals surface area contributed by atoms with Gasteiger partial charge in [0.05, 0.1) is 27.5 Å². The van der Waals surface area contributed by atoms with Crippen LogP contribution >= 0.6 is 23.2 Å². The van der Waals surface area contributed by atoms with Crippen molar-refractivity contribution in [2.45, 2.75) is 0 Å². The maximum absolute atomic E-state index is 13.3. The summed E-state index contributed by atoms with van der Waals surface area (Å²) in [5, 5.41) is 6.40. The Morgan fingerprint density at radius 2 is 2.11 bits per heavy atom. The predicted octanol–water partition coefficient (Wildman–Crippen LogP) is 3.12. The zero-order valence-corrected chi connectivity index (χ0v) is 10.8. The molecular weight excluding hydrogens is 280 g/mol. The van der Waals surface area contributed by atoms with E-state index in [1.807, 2.05) is 0 Å². The Balaban J connectivity index is 2.26. The molecule has 1 heterocycles. The van der Waals surface area contributed by atoms with Gasteiger partial charge in [-0.05, 0) is 12.1 Å². The number of nitrogens with zero attached hydrogens (tertiary/aromatic N) is 2. The monoisotopic (exact) mass is 287 g/mol. The van der Waals surface area contributed by atoms with E-state index in [0.717, 1.165) is 6.07 Å². The van der Waals surface area contributed by atoms with Crippen LogP contribution < -0.4 is 5.32 Å². The molecular formula is C11H8Cl2FN3O. The molecule has 0 unspecified atom stereocenters. The van der Waals surface area contributed by atoms with Crippen LogP contribution in [-0.2, 0) is 7.05 Å². The largest absolute Gasteiger partial charge is 0.319 e. The SMILES string of the molecule is Cn1cc(NC(=O)c2cc(F)c(Cl)cc2Cl)cn1. The number of hydrogen-bond acceptors (Lipinski definition) is 2. The highest BCUT2D eigenvalue weighted by Gasteiger charge is 2.14. The van der Waals surface area contributed by atoms with Crippen LogP contribution in [0.5, 0.6) is 0 Å². The van der Waals surface area contributed by atoms with E-state index in [0.29, 0.717) is 5.69 Å². The molecule has 0 aliphatic carbocycles. The molecule has 1 aromatic carbocycles. The molecule has 1 amide bonds. The number of hydrogen-bond donors (Lipinski definition) is 1. The van der Waals surface area contributed by atoms with Crippen molar-refractivity contribution in [3.63, 3.8) is 0 Å². The second kappa shape index (κ2) is 4.96.